The Labute approximate surface area is 123 Å². The maximum Gasteiger partial charge on any atom is 0.307 e. The average molecular weight is 314 g/mol. The van der Waals surface area contributed by atoms with E-state index in [0.29, 0.717) is 11.3 Å². The number of nitrogens with one attached hydrogen (secondary N) is 1. The SMILES string of the molecule is CS(=O)(=O)CCC(N)C(=O)Nc1ccc(CC(=O)O)cc1. The van der Waals surface area contributed by atoms with Crippen molar-refractivity contribution in [3.8, 4) is 0 Å². The van der Waals surface area contributed by atoms with Crippen LogP contribution >= 0.6 is 0 Å². The van der Waals surface area contributed by atoms with Gasteiger partial charge in [-0.25, -0.2) is 8.42 Å². The second kappa shape index (κ2) is 7.19. The van der Waals surface area contributed by atoms with Crippen LogP contribution in [0.5, 0.6) is 0 Å². The number of carbonyl (C=O) groups is 2. The minimum Gasteiger partial charge on any atom is -0.481 e. The lowest BCUT2D eigenvalue weighted by molar-refractivity contribution is -0.136. The highest BCUT2D eigenvalue weighted by molar-refractivity contribution is 7.90. The molecule has 8 heteroatoms. The molecule has 21 heavy (non-hydrogen) atoms. The van der Waals surface area contributed by atoms with Crippen molar-refractivity contribution in [1.29, 1.82) is 0 Å². The highest BCUT2D eigenvalue weighted by Gasteiger charge is 2.16. The molecule has 0 spiro atoms. The lowest BCUT2D eigenvalue weighted by atomic mass is 10.1. The second-order valence-corrected chi connectivity index (χ2v) is 7.04. The van der Waals surface area contributed by atoms with E-state index in [0.717, 1.165) is 6.26 Å². The molecule has 0 aliphatic carbocycles. The summed E-state index contributed by atoms with van der Waals surface area (Å²) in [7, 11) is -3.16. The Morgan fingerprint density at radius 1 is 1.29 bits per heavy atom. The van der Waals surface area contributed by atoms with Crippen molar-refractivity contribution in [2.75, 3.05) is 17.3 Å². The molecule has 0 aliphatic heterocycles. The van der Waals surface area contributed by atoms with Gasteiger partial charge in [-0.1, -0.05) is 12.1 Å². The van der Waals surface area contributed by atoms with Gasteiger partial charge in [0.25, 0.3) is 0 Å². The summed E-state index contributed by atoms with van der Waals surface area (Å²) in [6, 6.07) is 5.40. The van der Waals surface area contributed by atoms with Crippen LogP contribution in [-0.2, 0) is 25.8 Å². The molecule has 0 fully saturated rings. The molecule has 1 amide bonds. The van der Waals surface area contributed by atoms with Crippen molar-refractivity contribution in [2.24, 2.45) is 5.73 Å². The molecule has 7 nitrogen and oxygen atoms in total. The van der Waals surface area contributed by atoms with Crippen molar-refractivity contribution in [3.05, 3.63) is 29.8 Å². The van der Waals surface area contributed by atoms with Gasteiger partial charge in [0.1, 0.15) is 9.84 Å². The standard InChI is InChI=1S/C13H18N2O5S/c1-21(19,20)7-6-11(14)13(18)15-10-4-2-9(3-5-10)8-12(16)17/h2-5,11H,6-8,14H2,1H3,(H,15,18)(H,16,17). The van der Waals surface area contributed by atoms with Gasteiger partial charge in [-0.05, 0) is 24.1 Å². The number of hydrogen-bond donors (Lipinski definition) is 3. The van der Waals surface area contributed by atoms with Crippen LogP contribution in [0.15, 0.2) is 24.3 Å². The number of nitrogens with two attached hydrogens (primary N) is 1. The Morgan fingerprint density at radius 3 is 2.33 bits per heavy atom. The summed E-state index contributed by atoms with van der Waals surface area (Å²) in [6.07, 6.45) is 1.03. The maximum absolute atomic E-state index is 11.8. The van der Waals surface area contributed by atoms with Crippen LogP contribution in [0.2, 0.25) is 0 Å². The predicted molar refractivity (Wildman–Crippen MR) is 78.7 cm³/mol. The van der Waals surface area contributed by atoms with E-state index >= 15 is 0 Å². The van der Waals surface area contributed by atoms with Crippen LogP contribution < -0.4 is 11.1 Å². The lowest BCUT2D eigenvalue weighted by Gasteiger charge is -2.12. The Balaban J connectivity index is 2.56. The van der Waals surface area contributed by atoms with Crippen molar-refractivity contribution >= 4 is 27.4 Å². The molecule has 0 aromatic heterocycles. The van der Waals surface area contributed by atoms with E-state index in [1.807, 2.05) is 0 Å². The first-order valence-electron chi connectivity index (χ1n) is 6.22. The maximum atomic E-state index is 11.8. The summed E-state index contributed by atoms with van der Waals surface area (Å²) in [5.74, 6) is -1.57. The minimum atomic E-state index is -3.16. The lowest BCUT2D eigenvalue weighted by Crippen LogP contribution is -2.37. The van der Waals surface area contributed by atoms with Crippen molar-refractivity contribution in [3.63, 3.8) is 0 Å². The van der Waals surface area contributed by atoms with Crippen LogP contribution in [-0.4, -0.2) is 43.5 Å². The Morgan fingerprint density at radius 2 is 1.86 bits per heavy atom. The fourth-order valence-corrected chi connectivity index (χ4v) is 2.27. The molecular formula is C13H18N2O5S. The number of hydrogen-bond acceptors (Lipinski definition) is 5. The number of rotatable bonds is 7. The number of carboxylic acids is 1. The minimum absolute atomic E-state index is 0.0434. The summed E-state index contributed by atoms with van der Waals surface area (Å²) < 4.78 is 22.0. The van der Waals surface area contributed by atoms with Crippen molar-refractivity contribution < 1.29 is 23.1 Å². The highest BCUT2D eigenvalue weighted by Crippen LogP contribution is 2.11. The largest absolute Gasteiger partial charge is 0.481 e. The fourth-order valence-electron chi connectivity index (χ4n) is 1.59. The van der Waals surface area contributed by atoms with Crippen LogP contribution in [0.4, 0.5) is 5.69 Å². The summed E-state index contributed by atoms with van der Waals surface area (Å²) in [5.41, 5.74) is 6.70. The summed E-state index contributed by atoms with van der Waals surface area (Å²) in [5, 5.41) is 11.2. The van der Waals surface area contributed by atoms with Crippen molar-refractivity contribution in [2.45, 2.75) is 18.9 Å². The summed E-state index contributed by atoms with van der Waals surface area (Å²) in [6.45, 7) is 0. The zero-order valence-electron chi connectivity index (χ0n) is 11.6. The first kappa shape index (κ1) is 17.1. The Bertz CT molecular complexity index is 610. The van der Waals surface area contributed by atoms with E-state index in [9.17, 15) is 18.0 Å². The van der Waals surface area contributed by atoms with E-state index in [-0.39, 0.29) is 18.6 Å². The van der Waals surface area contributed by atoms with E-state index in [4.69, 9.17) is 10.8 Å². The van der Waals surface area contributed by atoms with Gasteiger partial charge in [-0.2, -0.15) is 0 Å². The zero-order chi connectivity index (χ0) is 16.0. The molecular weight excluding hydrogens is 296 g/mol. The Kier molecular flexibility index (Phi) is 5.86. The molecule has 0 aliphatic rings. The van der Waals surface area contributed by atoms with E-state index in [1.165, 1.54) is 0 Å². The third kappa shape index (κ3) is 6.87. The molecule has 1 atom stereocenters. The van der Waals surface area contributed by atoms with Crippen LogP contribution in [0.25, 0.3) is 0 Å². The number of benzene rings is 1. The van der Waals surface area contributed by atoms with Gasteiger partial charge in [0.05, 0.1) is 18.2 Å². The van der Waals surface area contributed by atoms with Gasteiger partial charge in [0.2, 0.25) is 5.91 Å². The molecule has 0 saturated heterocycles. The topological polar surface area (TPSA) is 127 Å². The number of amides is 1. The average Bonchev–Trinajstić information content (AvgIpc) is 2.36. The predicted octanol–water partition coefficient (Wildman–Crippen LogP) is 0.0142. The van der Waals surface area contributed by atoms with Gasteiger partial charge in [0.15, 0.2) is 0 Å². The number of anilines is 1. The van der Waals surface area contributed by atoms with Crippen LogP contribution in [0, 0.1) is 0 Å². The molecule has 0 heterocycles. The smallest absolute Gasteiger partial charge is 0.307 e. The van der Waals surface area contributed by atoms with Crippen LogP contribution in [0.3, 0.4) is 0 Å². The molecule has 1 aromatic carbocycles. The molecule has 0 radical (unpaired) electrons. The monoisotopic (exact) mass is 314 g/mol. The molecule has 116 valence electrons. The molecule has 0 saturated carbocycles. The molecule has 1 aromatic rings. The summed E-state index contributed by atoms with van der Waals surface area (Å²) in [4.78, 5) is 22.3. The second-order valence-electron chi connectivity index (χ2n) is 4.78. The highest BCUT2D eigenvalue weighted by atomic mass is 32.2. The van der Waals surface area contributed by atoms with Gasteiger partial charge in [0, 0.05) is 11.9 Å². The first-order valence-corrected chi connectivity index (χ1v) is 8.28. The number of aliphatic carboxylic acids is 1. The normalized spacial score (nSPS) is 12.7. The van der Waals surface area contributed by atoms with E-state index < -0.39 is 27.8 Å². The quantitative estimate of drug-likeness (QED) is 0.651. The number of carbonyl (C=O) groups excluding carboxylic acids is 1. The van der Waals surface area contributed by atoms with Gasteiger partial charge in [-0.15, -0.1) is 0 Å². The van der Waals surface area contributed by atoms with E-state index in [1.54, 1.807) is 24.3 Å². The zero-order valence-corrected chi connectivity index (χ0v) is 12.4. The van der Waals surface area contributed by atoms with Gasteiger partial charge >= 0.3 is 5.97 Å². The van der Waals surface area contributed by atoms with Gasteiger partial charge in [-0.3, -0.25) is 9.59 Å². The number of sulfone groups is 1. The molecule has 1 unspecified atom stereocenters. The molecule has 1 rings (SSSR count). The van der Waals surface area contributed by atoms with Gasteiger partial charge < -0.3 is 16.2 Å². The first-order chi connectivity index (χ1) is 9.67. The third-order valence-corrected chi connectivity index (χ3v) is 3.69. The van der Waals surface area contributed by atoms with Crippen molar-refractivity contribution in [1.82, 2.24) is 0 Å². The molecule has 0 bridgehead atoms. The Hall–Kier alpha value is -1.93. The van der Waals surface area contributed by atoms with Crippen LogP contribution in [0.1, 0.15) is 12.0 Å². The number of carboxylic acid groups (broad SMARTS) is 1. The fraction of sp³-hybridized carbons (Fsp3) is 0.385. The third-order valence-electron chi connectivity index (χ3n) is 2.71. The summed E-state index contributed by atoms with van der Waals surface area (Å²) >= 11 is 0. The van der Waals surface area contributed by atoms with E-state index in [2.05, 4.69) is 5.32 Å². The molecule has 4 N–H and O–H groups in total.